The summed E-state index contributed by atoms with van der Waals surface area (Å²) in [4.78, 5) is 21.9. The maximum absolute atomic E-state index is 13.0. The van der Waals surface area contributed by atoms with E-state index in [1.807, 2.05) is 0 Å². The van der Waals surface area contributed by atoms with E-state index in [1.54, 1.807) is 0 Å². The number of likely N-dealkylation sites (N-methyl/N-ethyl adjacent to an activating group) is 1. The number of hydrogen-bond donors (Lipinski definition) is 1. The minimum absolute atomic E-state index is 0.336. The van der Waals surface area contributed by atoms with Crippen molar-refractivity contribution in [2.24, 2.45) is 5.16 Å². The van der Waals surface area contributed by atoms with E-state index in [1.165, 1.54) is 0 Å². The van der Waals surface area contributed by atoms with Gasteiger partial charge in [-0.15, -0.1) is 0 Å². The summed E-state index contributed by atoms with van der Waals surface area (Å²) >= 11 is 0. The zero-order valence-corrected chi connectivity index (χ0v) is 9.80. The van der Waals surface area contributed by atoms with Crippen LogP contribution in [0.1, 0.15) is 11.1 Å². The van der Waals surface area contributed by atoms with Gasteiger partial charge in [0.1, 0.15) is 0 Å². The Hall–Kier alpha value is -2.65. The number of carbonyl (C=O) groups excluding carboxylic acids is 1. The van der Waals surface area contributed by atoms with Crippen LogP contribution in [0.2, 0.25) is 0 Å². The number of oxime groups is 1. The van der Waals surface area contributed by atoms with E-state index in [0.717, 1.165) is 13.1 Å². The second kappa shape index (κ2) is 4.18. The number of nitrogens with zero attached hydrogens (tertiary/aromatic N) is 3. The van der Waals surface area contributed by atoms with Gasteiger partial charge in [-0.05, 0) is 0 Å². The summed E-state index contributed by atoms with van der Waals surface area (Å²) in [6.07, 6.45) is -4.89. The third-order valence-electron chi connectivity index (χ3n) is 2.81. The monoisotopic (exact) mass is 289 g/mol. The molecular weight excluding hydrogens is 283 g/mol. The zero-order chi connectivity index (χ0) is 15.2. The Morgan fingerprint density at radius 2 is 2.00 bits per heavy atom. The maximum Gasteiger partial charge on any atom is 0.418 e. The van der Waals surface area contributed by atoms with Crippen LogP contribution < -0.4 is 4.90 Å². The molecule has 0 fully saturated rings. The van der Waals surface area contributed by atoms with Crippen molar-refractivity contribution in [2.75, 3.05) is 11.9 Å². The van der Waals surface area contributed by atoms with E-state index in [0.29, 0.717) is 11.0 Å². The fraction of sp³-hybridized carbons (Fsp3) is 0.200. The summed E-state index contributed by atoms with van der Waals surface area (Å²) in [5.74, 6) is -0.978. The van der Waals surface area contributed by atoms with Crippen LogP contribution in [0.5, 0.6) is 0 Å². The lowest BCUT2D eigenvalue weighted by Crippen LogP contribution is -2.26. The molecule has 0 aromatic heterocycles. The fourth-order valence-electron chi connectivity index (χ4n) is 1.95. The molecule has 0 saturated heterocycles. The normalized spacial score (nSPS) is 16.7. The van der Waals surface area contributed by atoms with Crippen molar-refractivity contribution in [1.29, 1.82) is 0 Å². The molecule has 1 heterocycles. The van der Waals surface area contributed by atoms with Crippen LogP contribution >= 0.6 is 0 Å². The molecule has 0 unspecified atom stereocenters. The van der Waals surface area contributed by atoms with Crippen LogP contribution in [0.4, 0.5) is 24.5 Å². The molecule has 1 N–H and O–H groups in total. The highest BCUT2D eigenvalue weighted by atomic mass is 19.4. The molecule has 2 rings (SSSR count). The van der Waals surface area contributed by atoms with Gasteiger partial charge in [0.15, 0.2) is 5.71 Å². The molecule has 0 aliphatic carbocycles. The predicted octanol–water partition coefficient (Wildman–Crippen LogP) is 1.77. The molecule has 1 amide bonds. The van der Waals surface area contributed by atoms with Crippen LogP contribution in [0.25, 0.3) is 0 Å². The second-order valence-electron chi connectivity index (χ2n) is 3.96. The molecule has 1 aromatic carbocycles. The standard InChI is InChI=1S/C10H6F3N3O4/c1-15-8-5(7(14-18)9(15)17)2-4(16(19)20)3-6(8)10(11,12)13/h2-3,18H,1H3. The Bertz CT molecular complexity index is 654. The van der Waals surface area contributed by atoms with Gasteiger partial charge in [0.05, 0.1) is 16.2 Å². The van der Waals surface area contributed by atoms with Crippen molar-refractivity contribution in [3.8, 4) is 0 Å². The maximum atomic E-state index is 13.0. The van der Waals surface area contributed by atoms with Crippen molar-refractivity contribution in [2.45, 2.75) is 6.18 Å². The molecule has 0 radical (unpaired) electrons. The number of non-ortho nitro benzene ring substituents is 1. The average molecular weight is 289 g/mol. The number of amides is 1. The van der Waals surface area contributed by atoms with Gasteiger partial charge >= 0.3 is 6.18 Å². The topological polar surface area (TPSA) is 96.0 Å². The van der Waals surface area contributed by atoms with Gasteiger partial charge in [0.2, 0.25) is 0 Å². The van der Waals surface area contributed by atoms with Crippen molar-refractivity contribution in [3.63, 3.8) is 0 Å². The van der Waals surface area contributed by atoms with Crippen LogP contribution in [0.3, 0.4) is 0 Å². The first kappa shape index (κ1) is 13.8. The van der Waals surface area contributed by atoms with Crippen molar-refractivity contribution < 1.29 is 28.1 Å². The van der Waals surface area contributed by atoms with Crippen molar-refractivity contribution >= 4 is 23.0 Å². The molecule has 1 aromatic rings. The Morgan fingerprint density at radius 3 is 2.45 bits per heavy atom. The number of benzene rings is 1. The number of fused-ring (bicyclic) bond motifs is 1. The highest BCUT2D eigenvalue weighted by molar-refractivity contribution is 6.54. The number of halogens is 3. The number of nitro benzene ring substituents is 1. The molecule has 7 nitrogen and oxygen atoms in total. The molecular formula is C10H6F3N3O4. The molecule has 0 spiro atoms. The highest BCUT2D eigenvalue weighted by Crippen LogP contribution is 2.43. The summed E-state index contributed by atoms with van der Waals surface area (Å²) in [7, 11) is 1.06. The molecule has 0 bridgehead atoms. The first-order valence-corrected chi connectivity index (χ1v) is 5.08. The van der Waals surface area contributed by atoms with Crippen LogP contribution in [-0.2, 0) is 11.0 Å². The van der Waals surface area contributed by atoms with E-state index in [-0.39, 0.29) is 0 Å². The van der Waals surface area contributed by atoms with Crippen molar-refractivity contribution in [1.82, 2.24) is 0 Å². The van der Waals surface area contributed by atoms with Gasteiger partial charge in [-0.1, -0.05) is 5.16 Å². The lowest BCUT2D eigenvalue weighted by molar-refractivity contribution is -0.385. The summed E-state index contributed by atoms with van der Waals surface area (Å²) in [5.41, 5.74) is -3.85. The molecule has 1 aliphatic rings. The SMILES string of the molecule is CN1C(=O)C(=NO)c2cc([N+](=O)[O-])cc(C(F)(F)F)c21. The molecule has 106 valence electrons. The summed E-state index contributed by atoms with van der Waals surface area (Å²) in [6, 6.07) is 1.10. The highest BCUT2D eigenvalue weighted by Gasteiger charge is 2.44. The number of carbonyl (C=O) groups is 1. The molecule has 0 saturated carbocycles. The zero-order valence-electron chi connectivity index (χ0n) is 9.80. The van der Waals surface area contributed by atoms with Gasteiger partial charge < -0.3 is 10.1 Å². The summed E-state index contributed by atoms with van der Waals surface area (Å²) in [5, 5.41) is 22.0. The van der Waals surface area contributed by atoms with Crippen LogP contribution in [0.15, 0.2) is 17.3 Å². The Morgan fingerprint density at radius 1 is 1.40 bits per heavy atom. The summed E-state index contributed by atoms with van der Waals surface area (Å²) < 4.78 is 38.9. The van der Waals surface area contributed by atoms with E-state index in [9.17, 15) is 28.1 Å². The number of rotatable bonds is 1. The first-order valence-electron chi connectivity index (χ1n) is 5.08. The van der Waals surface area contributed by atoms with Gasteiger partial charge in [0.25, 0.3) is 11.6 Å². The molecule has 0 atom stereocenters. The fourth-order valence-corrected chi connectivity index (χ4v) is 1.95. The minimum Gasteiger partial charge on any atom is -0.410 e. The Kier molecular flexibility index (Phi) is 2.88. The number of anilines is 1. The predicted molar refractivity (Wildman–Crippen MR) is 59.8 cm³/mol. The van der Waals surface area contributed by atoms with E-state index < -0.39 is 45.2 Å². The minimum atomic E-state index is -4.89. The van der Waals surface area contributed by atoms with Gasteiger partial charge in [-0.3, -0.25) is 14.9 Å². The number of nitro groups is 1. The van der Waals surface area contributed by atoms with E-state index in [2.05, 4.69) is 5.16 Å². The third kappa shape index (κ3) is 1.85. The Labute approximate surface area is 109 Å². The van der Waals surface area contributed by atoms with Crippen molar-refractivity contribution in [3.05, 3.63) is 33.4 Å². The number of hydrogen-bond acceptors (Lipinski definition) is 5. The van der Waals surface area contributed by atoms with Gasteiger partial charge in [-0.2, -0.15) is 13.2 Å². The average Bonchev–Trinajstić information content (AvgIpc) is 2.59. The van der Waals surface area contributed by atoms with E-state index in [4.69, 9.17) is 5.21 Å². The van der Waals surface area contributed by atoms with Crippen LogP contribution in [-0.4, -0.2) is 28.8 Å². The second-order valence-corrected chi connectivity index (χ2v) is 3.96. The molecule has 10 heteroatoms. The smallest absolute Gasteiger partial charge is 0.410 e. The van der Waals surface area contributed by atoms with E-state index >= 15 is 0 Å². The lowest BCUT2D eigenvalue weighted by Gasteiger charge is -2.16. The molecule has 20 heavy (non-hydrogen) atoms. The lowest BCUT2D eigenvalue weighted by atomic mass is 10.0. The number of alkyl halides is 3. The summed E-state index contributed by atoms with van der Waals surface area (Å²) in [6.45, 7) is 0. The molecule has 1 aliphatic heterocycles. The third-order valence-corrected chi connectivity index (χ3v) is 2.81. The largest absolute Gasteiger partial charge is 0.418 e. The quantitative estimate of drug-likeness (QED) is 0.484. The van der Waals surface area contributed by atoms with Gasteiger partial charge in [0, 0.05) is 24.7 Å². The van der Waals surface area contributed by atoms with Crippen LogP contribution in [0, 0.1) is 10.1 Å². The first-order chi connectivity index (χ1) is 9.18. The Balaban J connectivity index is 2.86. The van der Waals surface area contributed by atoms with Gasteiger partial charge in [-0.25, -0.2) is 0 Å².